The second-order valence-corrected chi connectivity index (χ2v) is 22.3. The number of ether oxygens (including phenoxy) is 3. The molecule has 0 amide bonds. The number of hydrogen-bond acceptors (Lipinski definition) is 6. The summed E-state index contributed by atoms with van der Waals surface area (Å²) in [5, 5.41) is 0. The van der Waals surface area contributed by atoms with Crippen molar-refractivity contribution in [3.8, 4) is 0 Å². The summed E-state index contributed by atoms with van der Waals surface area (Å²) >= 11 is 0. The van der Waals surface area contributed by atoms with Gasteiger partial charge in [0.05, 0.1) is 0 Å². The molecule has 0 saturated carbocycles. The normalized spacial score (nSPS) is 12.7. The molecule has 454 valence electrons. The topological polar surface area (TPSA) is 78.9 Å². The Balaban J connectivity index is 4.40. The summed E-state index contributed by atoms with van der Waals surface area (Å²) in [6, 6.07) is 0. The van der Waals surface area contributed by atoms with Crippen molar-refractivity contribution in [3.05, 3.63) is 97.2 Å². The van der Waals surface area contributed by atoms with Crippen molar-refractivity contribution in [1.29, 1.82) is 0 Å². The van der Waals surface area contributed by atoms with Gasteiger partial charge in [-0.25, -0.2) is 0 Å². The molecule has 0 aliphatic rings. The molecule has 0 aromatic heterocycles. The second-order valence-electron chi connectivity index (χ2n) is 22.3. The van der Waals surface area contributed by atoms with Crippen molar-refractivity contribution in [2.24, 2.45) is 0 Å². The van der Waals surface area contributed by atoms with E-state index in [0.717, 1.165) is 122 Å². The third-order valence-corrected chi connectivity index (χ3v) is 14.6. The van der Waals surface area contributed by atoms with E-state index in [1.54, 1.807) is 0 Å². The minimum absolute atomic E-state index is 0.0807. The first-order valence-electron chi connectivity index (χ1n) is 33.7. The molecule has 0 N–H and O–H groups in total. The average Bonchev–Trinajstić information content (AvgIpc) is 3.45. The molecule has 6 nitrogen and oxygen atoms in total. The molecule has 0 saturated heterocycles. The summed E-state index contributed by atoms with van der Waals surface area (Å²) in [6.07, 6.45) is 89.8. The molecule has 0 spiro atoms. The van der Waals surface area contributed by atoms with Crippen LogP contribution in [0, 0.1) is 0 Å². The lowest BCUT2D eigenvalue weighted by molar-refractivity contribution is -0.167. The van der Waals surface area contributed by atoms with Gasteiger partial charge in [-0.1, -0.05) is 311 Å². The molecule has 0 aromatic rings. The molecule has 1 unspecified atom stereocenters. The zero-order chi connectivity index (χ0) is 57.1. The van der Waals surface area contributed by atoms with Crippen molar-refractivity contribution in [2.75, 3.05) is 13.2 Å². The highest BCUT2D eigenvalue weighted by atomic mass is 16.6. The van der Waals surface area contributed by atoms with Crippen molar-refractivity contribution in [3.63, 3.8) is 0 Å². The van der Waals surface area contributed by atoms with Crippen LogP contribution >= 0.6 is 0 Å². The number of esters is 3. The molecule has 1 atom stereocenters. The zero-order valence-electron chi connectivity index (χ0n) is 52.1. The first-order chi connectivity index (χ1) is 39.0. The molecular formula is C73H126O6. The van der Waals surface area contributed by atoms with E-state index in [2.05, 4.69) is 118 Å². The number of unbranched alkanes of at least 4 members (excludes halogenated alkanes) is 34. The molecule has 6 heteroatoms. The Bertz CT molecular complexity index is 1540. The summed E-state index contributed by atoms with van der Waals surface area (Å²) in [5.74, 6) is -0.881. The van der Waals surface area contributed by atoms with Crippen LogP contribution < -0.4 is 0 Å². The van der Waals surface area contributed by atoms with Gasteiger partial charge in [0.25, 0.3) is 0 Å². The first kappa shape index (κ1) is 75.3. The quantitative estimate of drug-likeness (QED) is 0.0261. The van der Waals surface area contributed by atoms with E-state index < -0.39 is 6.10 Å². The Morgan fingerprint density at radius 1 is 0.266 bits per heavy atom. The van der Waals surface area contributed by atoms with E-state index in [1.807, 2.05) is 0 Å². The summed E-state index contributed by atoms with van der Waals surface area (Å²) in [7, 11) is 0. The lowest BCUT2D eigenvalue weighted by Gasteiger charge is -2.18. The van der Waals surface area contributed by atoms with E-state index in [9.17, 15) is 14.4 Å². The van der Waals surface area contributed by atoms with Gasteiger partial charge in [0.2, 0.25) is 0 Å². The van der Waals surface area contributed by atoms with Crippen molar-refractivity contribution in [1.82, 2.24) is 0 Å². The number of carbonyl (C=O) groups is 3. The Labute approximate surface area is 489 Å². The molecule has 0 aliphatic heterocycles. The van der Waals surface area contributed by atoms with Crippen molar-refractivity contribution >= 4 is 17.9 Å². The van der Waals surface area contributed by atoms with Crippen LogP contribution in [-0.4, -0.2) is 37.2 Å². The molecule has 0 fully saturated rings. The lowest BCUT2D eigenvalue weighted by atomic mass is 10.0. The molecule has 0 aromatic carbocycles. The van der Waals surface area contributed by atoms with Gasteiger partial charge in [0.15, 0.2) is 6.10 Å². The molecular weight excluding hydrogens is 973 g/mol. The Kier molecular flexibility index (Phi) is 63.7. The molecule has 0 heterocycles. The van der Waals surface area contributed by atoms with Crippen LogP contribution in [0.15, 0.2) is 97.2 Å². The second kappa shape index (κ2) is 66.8. The van der Waals surface area contributed by atoms with Crippen LogP contribution in [-0.2, 0) is 28.6 Å². The van der Waals surface area contributed by atoms with Gasteiger partial charge in [0.1, 0.15) is 13.2 Å². The van der Waals surface area contributed by atoms with Crippen LogP contribution in [0.2, 0.25) is 0 Å². The lowest BCUT2D eigenvalue weighted by Crippen LogP contribution is -2.30. The van der Waals surface area contributed by atoms with Crippen molar-refractivity contribution < 1.29 is 28.6 Å². The van der Waals surface area contributed by atoms with Gasteiger partial charge in [-0.3, -0.25) is 14.4 Å². The van der Waals surface area contributed by atoms with E-state index in [4.69, 9.17) is 14.2 Å². The van der Waals surface area contributed by atoms with Crippen LogP contribution in [0.3, 0.4) is 0 Å². The Hall–Kier alpha value is -3.67. The molecule has 0 aliphatic carbocycles. The van der Waals surface area contributed by atoms with Gasteiger partial charge in [0, 0.05) is 19.3 Å². The number of hydrogen-bond donors (Lipinski definition) is 0. The maximum Gasteiger partial charge on any atom is 0.306 e. The summed E-state index contributed by atoms with van der Waals surface area (Å²) in [6.45, 7) is 6.45. The van der Waals surface area contributed by atoms with E-state index >= 15 is 0 Å². The van der Waals surface area contributed by atoms with Gasteiger partial charge in [-0.2, -0.15) is 0 Å². The van der Waals surface area contributed by atoms with Crippen molar-refractivity contribution in [2.45, 2.75) is 335 Å². The summed E-state index contributed by atoms with van der Waals surface area (Å²) in [5.41, 5.74) is 0. The minimum atomic E-state index is -0.787. The van der Waals surface area contributed by atoms with Crippen LogP contribution in [0.1, 0.15) is 329 Å². The Morgan fingerprint density at radius 3 is 0.772 bits per heavy atom. The number of carbonyl (C=O) groups excluding carboxylic acids is 3. The minimum Gasteiger partial charge on any atom is -0.462 e. The molecule has 0 radical (unpaired) electrons. The van der Waals surface area contributed by atoms with Crippen LogP contribution in [0.4, 0.5) is 0 Å². The standard InChI is InChI=1S/C73H126O6/c1-4-7-10-13-16-19-22-25-28-31-34-36-39-42-45-48-51-54-57-60-63-66-72(75)78-69-70(68-77-71(74)65-62-59-56-53-50-47-44-41-38-33-30-27-24-21-18-15-12-9-6-3)79-73(76)67-64-61-58-55-52-49-46-43-40-37-35-32-29-26-23-20-17-14-11-8-5-2/h7-8,10-11,16-17,19-20,25-26,28-29,34-37,70H,4-6,9,12-15,18,21-24,27,30-33,38-69H2,1-3H3/b10-7-,11-8-,19-16-,20-17-,28-25-,29-26-,36-34-,37-35-. The zero-order valence-corrected chi connectivity index (χ0v) is 52.1. The predicted molar refractivity (Wildman–Crippen MR) is 344 cm³/mol. The SMILES string of the molecule is CC/C=C\C/C=C\C/C=C\C/C=C\CCCCCCCCCCC(=O)OCC(COC(=O)CCCCCCCCCCCCCCCCCCCCC)OC(=O)CCCCCCCCCC/C=C\C/C=C\C/C=C\C/C=C\CC. The fourth-order valence-corrected chi connectivity index (χ4v) is 9.60. The first-order valence-corrected chi connectivity index (χ1v) is 33.7. The fourth-order valence-electron chi connectivity index (χ4n) is 9.60. The maximum atomic E-state index is 13.0. The van der Waals surface area contributed by atoms with E-state index in [1.165, 1.54) is 167 Å². The highest BCUT2D eigenvalue weighted by Crippen LogP contribution is 2.17. The fraction of sp³-hybridized carbons (Fsp3) is 0.740. The monoisotopic (exact) mass is 1100 g/mol. The van der Waals surface area contributed by atoms with Crippen LogP contribution in [0.5, 0.6) is 0 Å². The Morgan fingerprint density at radius 2 is 0.494 bits per heavy atom. The van der Waals surface area contributed by atoms with E-state index in [0.29, 0.717) is 19.3 Å². The summed E-state index contributed by atoms with van der Waals surface area (Å²) in [4.78, 5) is 38.5. The number of allylic oxidation sites excluding steroid dienone is 16. The van der Waals surface area contributed by atoms with Gasteiger partial charge >= 0.3 is 17.9 Å². The van der Waals surface area contributed by atoms with Gasteiger partial charge in [-0.05, 0) is 96.3 Å². The molecule has 0 bridgehead atoms. The predicted octanol–water partition coefficient (Wildman–Crippen LogP) is 23.2. The number of rotatable bonds is 61. The molecule has 79 heavy (non-hydrogen) atoms. The molecule has 0 rings (SSSR count). The third kappa shape index (κ3) is 65.0. The smallest absolute Gasteiger partial charge is 0.306 e. The van der Waals surface area contributed by atoms with Crippen LogP contribution in [0.25, 0.3) is 0 Å². The third-order valence-electron chi connectivity index (χ3n) is 14.6. The highest BCUT2D eigenvalue weighted by molar-refractivity contribution is 5.71. The van der Waals surface area contributed by atoms with Gasteiger partial charge in [-0.15, -0.1) is 0 Å². The highest BCUT2D eigenvalue weighted by Gasteiger charge is 2.19. The van der Waals surface area contributed by atoms with E-state index in [-0.39, 0.29) is 31.1 Å². The summed E-state index contributed by atoms with van der Waals surface area (Å²) < 4.78 is 17.0. The average molecular weight is 1100 g/mol. The largest absolute Gasteiger partial charge is 0.462 e. The van der Waals surface area contributed by atoms with Gasteiger partial charge < -0.3 is 14.2 Å². The maximum absolute atomic E-state index is 13.0.